The second-order valence-electron chi connectivity index (χ2n) is 8.50. The van der Waals surface area contributed by atoms with Crippen LogP contribution in [-0.2, 0) is 17.9 Å². The van der Waals surface area contributed by atoms with Crippen LogP contribution in [0.15, 0.2) is 66.1 Å². The van der Waals surface area contributed by atoms with E-state index in [2.05, 4.69) is 31.0 Å². The molecule has 4 aromatic rings. The molecule has 0 radical (unpaired) electrons. The number of aromatic nitrogens is 6. The van der Waals surface area contributed by atoms with Gasteiger partial charge in [0, 0.05) is 36.6 Å². The van der Waals surface area contributed by atoms with E-state index in [0.29, 0.717) is 29.2 Å². The highest BCUT2D eigenvalue weighted by Crippen LogP contribution is 2.35. The van der Waals surface area contributed by atoms with E-state index < -0.39 is 23.7 Å². The number of hydroxylamine groups is 2. The summed E-state index contributed by atoms with van der Waals surface area (Å²) in [6, 6.07) is 11.9. The van der Waals surface area contributed by atoms with Crippen molar-refractivity contribution in [3.63, 3.8) is 0 Å². The lowest BCUT2D eigenvalue weighted by Crippen LogP contribution is -2.31. The summed E-state index contributed by atoms with van der Waals surface area (Å²) in [5.41, 5.74) is 2.79. The molecule has 186 valence electrons. The fourth-order valence-electron chi connectivity index (χ4n) is 4.28. The normalized spacial score (nSPS) is 17.7. The van der Waals surface area contributed by atoms with Gasteiger partial charge in [-0.2, -0.15) is 10.3 Å². The molecule has 0 bridgehead atoms. The van der Waals surface area contributed by atoms with E-state index in [0.717, 1.165) is 28.5 Å². The van der Waals surface area contributed by atoms with Gasteiger partial charge in [-0.3, -0.25) is 9.48 Å². The van der Waals surface area contributed by atoms with Gasteiger partial charge in [0.1, 0.15) is 10.8 Å². The molecule has 2 aromatic heterocycles. The van der Waals surface area contributed by atoms with Gasteiger partial charge < -0.3 is 15.6 Å². The number of rotatable bonds is 10. The Balaban J connectivity index is 1.18. The number of hydrogen-bond acceptors (Lipinski definition) is 8. The van der Waals surface area contributed by atoms with Crippen molar-refractivity contribution in [3.8, 4) is 11.1 Å². The molecule has 1 amide bonds. The third kappa shape index (κ3) is 5.45. The van der Waals surface area contributed by atoms with Gasteiger partial charge in [0.05, 0.1) is 24.9 Å². The number of halogens is 1. The Morgan fingerprint density at radius 2 is 2.08 bits per heavy atom. The maximum atomic E-state index is 15.1. The number of thioether (sulfide) groups is 1. The number of amides is 1. The highest BCUT2D eigenvalue weighted by Gasteiger charge is 2.36. The Bertz CT molecular complexity index is 1280. The summed E-state index contributed by atoms with van der Waals surface area (Å²) in [6.45, 7) is 1.77. The fourth-order valence-corrected chi connectivity index (χ4v) is 4.97. The van der Waals surface area contributed by atoms with Crippen LogP contribution in [0.1, 0.15) is 23.5 Å². The molecule has 2 atom stereocenters. The quantitative estimate of drug-likeness (QED) is 0.248. The van der Waals surface area contributed by atoms with Gasteiger partial charge in [0.25, 0.3) is 0 Å². The first-order valence-electron chi connectivity index (χ1n) is 11.5. The van der Waals surface area contributed by atoms with Crippen LogP contribution in [0, 0.1) is 11.0 Å². The van der Waals surface area contributed by atoms with Gasteiger partial charge in [-0.15, -0.1) is 22.0 Å². The van der Waals surface area contributed by atoms with Gasteiger partial charge in [-0.05, 0) is 29.2 Å². The zero-order valence-corrected chi connectivity index (χ0v) is 20.1. The molecule has 3 heterocycles. The minimum Gasteiger partial charge on any atom is -0.756 e. The highest BCUT2D eigenvalue weighted by atomic mass is 32.2. The number of H-pyrrole nitrogens is 1. The lowest BCUT2D eigenvalue weighted by Gasteiger charge is -2.29. The zero-order valence-electron chi connectivity index (χ0n) is 19.2. The average molecular weight is 508 g/mol. The number of hydrogen-bond donors (Lipinski definition) is 2. The van der Waals surface area contributed by atoms with Crippen LogP contribution in [0.25, 0.3) is 11.1 Å². The Morgan fingerprint density at radius 1 is 1.22 bits per heavy atom. The van der Waals surface area contributed by atoms with Crippen LogP contribution in [0.2, 0.25) is 0 Å². The van der Waals surface area contributed by atoms with Crippen LogP contribution in [0.5, 0.6) is 0 Å². The highest BCUT2D eigenvalue weighted by molar-refractivity contribution is 7.99. The smallest absolute Gasteiger partial charge is 0.219 e. The third-order valence-corrected chi connectivity index (χ3v) is 7.04. The van der Waals surface area contributed by atoms with Crippen LogP contribution >= 0.6 is 11.8 Å². The molecule has 0 saturated carbocycles. The molecule has 0 spiro atoms. The number of aromatic amines is 1. The summed E-state index contributed by atoms with van der Waals surface area (Å²) in [7, 11) is 0. The van der Waals surface area contributed by atoms with Crippen molar-refractivity contribution in [3.05, 3.63) is 83.2 Å². The standard InChI is InChI=1S/C24H24FN8O2S/c25-22-11-18(21-12-19(33(35)24(21)34)15-32-9-7-27-31-32)5-6-20(22)17-3-1-16(2-4-17)13-26-8-10-36-23-14-28-30-29-23/h1-7,9,11,14,19,21,26H,8,10,12-13,15H2,(H,28,29,30)/q-1. The zero-order chi connectivity index (χ0) is 24.9. The van der Waals surface area contributed by atoms with Crippen LogP contribution in [-0.4, -0.2) is 59.7 Å². The average Bonchev–Trinajstić information content (AvgIpc) is 3.65. The van der Waals surface area contributed by atoms with E-state index in [-0.39, 0.29) is 6.54 Å². The molecule has 1 aliphatic heterocycles. The van der Waals surface area contributed by atoms with Crippen LogP contribution < -0.4 is 5.32 Å². The molecule has 2 aromatic carbocycles. The molecule has 2 unspecified atom stereocenters. The maximum absolute atomic E-state index is 15.1. The van der Waals surface area contributed by atoms with Crippen molar-refractivity contribution in [2.45, 2.75) is 36.5 Å². The number of nitrogens with one attached hydrogen (secondary N) is 2. The molecule has 5 rings (SSSR count). The van der Waals surface area contributed by atoms with Gasteiger partial charge in [-0.25, -0.2) is 4.39 Å². The molecule has 10 nitrogen and oxygen atoms in total. The Labute approximate surface area is 210 Å². The molecule has 1 saturated heterocycles. The summed E-state index contributed by atoms with van der Waals surface area (Å²) in [4.78, 5) is 12.6. The summed E-state index contributed by atoms with van der Waals surface area (Å²) in [5.74, 6) is -0.774. The Kier molecular flexibility index (Phi) is 7.35. The van der Waals surface area contributed by atoms with Crippen molar-refractivity contribution in [1.82, 2.24) is 40.8 Å². The third-order valence-electron chi connectivity index (χ3n) is 6.14. The molecule has 2 N–H and O–H groups in total. The molecular weight excluding hydrogens is 483 g/mol. The first kappa shape index (κ1) is 24.1. The van der Waals surface area contributed by atoms with Gasteiger partial charge in [0.2, 0.25) is 5.91 Å². The first-order valence-corrected chi connectivity index (χ1v) is 12.5. The Morgan fingerprint density at radius 3 is 2.81 bits per heavy atom. The summed E-state index contributed by atoms with van der Waals surface area (Å²) in [5, 5.41) is 35.0. The SMILES string of the molecule is O=C1C(c2ccc(-c3ccc(CNCCSc4cn[nH]n4)cc3)c(F)c2)CC(Cn2ccnn2)N1[O-]. The summed E-state index contributed by atoms with van der Waals surface area (Å²) >= 11 is 1.62. The van der Waals surface area contributed by atoms with Crippen LogP contribution in [0.3, 0.4) is 0 Å². The van der Waals surface area contributed by atoms with E-state index in [1.807, 2.05) is 24.3 Å². The van der Waals surface area contributed by atoms with Crippen molar-refractivity contribution in [2.24, 2.45) is 0 Å². The predicted octanol–water partition coefficient (Wildman–Crippen LogP) is 2.97. The fraction of sp³-hybridized carbons (Fsp3) is 0.292. The van der Waals surface area contributed by atoms with Gasteiger partial charge in [-0.1, -0.05) is 41.6 Å². The summed E-state index contributed by atoms with van der Waals surface area (Å²) < 4.78 is 16.6. The van der Waals surface area contributed by atoms with E-state index >= 15 is 4.39 Å². The monoisotopic (exact) mass is 507 g/mol. The van der Waals surface area contributed by atoms with E-state index in [1.54, 1.807) is 36.3 Å². The largest absolute Gasteiger partial charge is 0.756 e. The van der Waals surface area contributed by atoms with Crippen molar-refractivity contribution in [2.75, 3.05) is 12.3 Å². The minimum absolute atomic E-state index is 0.258. The minimum atomic E-state index is -0.671. The number of carbonyl (C=O) groups excluding carboxylic acids is 1. The van der Waals surface area contributed by atoms with E-state index in [9.17, 15) is 10.0 Å². The first-order chi connectivity index (χ1) is 17.6. The van der Waals surface area contributed by atoms with Gasteiger partial charge >= 0.3 is 0 Å². The maximum Gasteiger partial charge on any atom is 0.219 e. The summed E-state index contributed by atoms with van der Waals surface area (Å²) in [6.07, 6.45) is 5.15. The molecular formula is C24H24FN8O2S-. The topological polar surface area (TPSA) is 128 Å². The second kappa shape index (κ2) is 11.0. The molecule has 36 heavy (non-hydrogen) atoms. The number of benzene rings is 2. The number of nitrogens with zero attached hydrogens (tertiary/aromatic N) is 6. The van der Waals surface area contributed by atoms with Crippen LogP contribution in [0.4, 0.5) is 4.39 Å². The van der Waals surface area contributed by atoms with Crippen molar-refractivity contribution in [1.29, 1.82) is 0 Å². The molecule has 12 heteroatoms. The van der Waals surface area contributed by atoms with Crippen molar-refractivity contribution < 1.29 is 9.18 Å². The second-order valence-corrected chi connectivity index (χ2v) is 9.62. The van der Waals surface area contributed by atoms with E-state index in [4.69, 9.17) is 0 Å². The molecule has 1 aliphatic rings. The van der Waals surface area contributed by atoms with E-state index in [1.165, 1.54) is 16.9 Å². The molecule has 0 aliphatic carbocycles. The lowest BCUT2D eigenvalue weighted by molar-refractivity contribution is -0.127. The lowest BCUT2D eigenvalue weighted by atomic mass is 9.93. The number of carbonyl (C=O) groups is 1. The predicted molar refractivity (Wildman–Crippen MR) is 132 cm³/mol. The molecule has 1 fully saturated rings. The van der Waals surface area contributed by atoms with Crippen molar-refractivity contribution >= 4 is 17.7 Å². The van der Waals surface area contributed by atoms with Gasteiger partial charge in [0.15, 0.2) is 0 Å². The Hall–Kier alpha value is -3.61.